The van der Waals surface area contributed by atoms with Crippen LogP contribution in [0.15, 0.2) is 35.2 Å². The Hall–Kier alpha value is -2.83. The van der Waals surface area contributed by atoms with Crippen molar-refractivity contribution >= 4 is 5.69 Å². The number of hydrogen-bond acceptors (Lipinski definition) is 7. The molecule has 7 heteroatoms. The van der Waals surface area contributed by atoms with Gasteiger partial charge in [0.25, 0.3) is 5.89 Å². The first-order valence-electron chi connectivity index (χ1n) is 5.57. The van der Waals surface area contributed by atoms with E-state index in [1.807, 2.05) is 6.92 Å². The standard InChI is InChI=1S/C12H10N6O/c1-7-4-15-10(16-5-7)11-17-12(19-18-11)9-3-2-8(13)6-14-9/h2-6H,13H2,1H3. The first kappa shape index (κ1) is 11.3. The number of anilines is 1. The molecule has 7 nitrogen and oxygen atoms in total. The van der Waals surface area contributed by atoms with Crippen LogP contribution in [0.5, 0.6) is 0 Å². The molecular weight excluding hydrogens is 244 g/mol. The van der Waals surface area contributed by atoms with Crippen molar-refractivity contribution in [1.29, 1.82) is 0 Å². The summed E-state index contributed by atoms with van der Waals surface area (Å²) >= 11 is 0. The van der Waals surface area contributed by atoms with Crippen molar-refractivity contribution in [2.75, 3.05) is 5.73 Å². The molecule has 3 heterocycles. The van der Waals surface area contributed by atoms with Crippen molar-refractivity contribution in [2.45, 2.75) is 6.92 Å². The van der Waals surface area contributed by atoms with Gasteiger partial charge in [0.05, 0.1) is 11.9 Å². The largest absolute Gasteiger partial charge is 0.397 e. The van der Waals surface area contributed by atoms with E-state index >= 15 is 0 Å². The maximum absolute atomic E-state index is 5.57. The minimum atomic E-state index is 0.305. The van der Waals surface area contributed by atoms with E-state index in [1.54, 1.807) is 24.5 Å². The second kappa shape index (κ2) is 4.45. The van der Waals surface area contributed by atoms with Crippen LogP contribution in [-0.4, -0.2) is 25.1 Å². The molecule has 0 saturated carbocycles. The van der Waals surface area contributed by atoms with Gasteiger partial charge in [-0.1, -0.05) is 5.16 Å². The average molecular weight is 254 g/mol. The van der Waals surface area contributed by atoms with Gasteiger partial charge in [-0.2, -0.15) is 4.98 Å². The minimum absolute atomic E-state index is 0.305. The Kier molecular flexibility index (Phi) is 2.64. The van der Waals surface area contributed by atoms with Crippen LogP contribution < -0.4 is 5.73 Å². The van der Waals surface area contributed by atoms with Gasteiger partial charge in [-0.3, -0.25) is 0 Å². The molecule has 0 aliphatic heterocycles. The van der Waals surface area contributed by atoms with Crippen LogP contribution in [0.3, 0.4) is 0 Å². The second-order valence-corrected chi connectivity index (χ2v) is 3.98. The highest BCUT2D eigenvalue weighted by Crippen LogP contribution is 2.18. The van der Waals surface area contributed by atoms with Crippen molar-refractivity contribution in [2.24, 2.45) is 0 Å². The topological polar surface area (TPSA) is 104 Å². The lowest BCUT2D eigenvalue weighted by molar-refractivity contribution is 0.430. The fourth-order valence-corrected chi connectivity index (χ4v) is 1.46. The summed E-state index contributed by atoms with van der Waals surface area (Å²) < 4.78 is 5.13. The van der Waals surface area contributed by atoms with Gasteiger partial charge in [0.1, 0.15) is 5.69 Å². The highest BCUT2D eigenvalue weighted by atomic mass is 16.5. The van der Waals surface area contributed by atoms with Crippen LogP contribution in [0, 0.1) is 6.92 Å². The molecule has 94 valence electrons. The maximum atomic E-state index is 5.57. The average Bonchev–Trinajstić information content (AvgIpc) is 2.90. The molecule has 2 N–H and O–H groups in total. The van der Waals surface area contributed by atoms with Gasteiger partial charge < -0.3 is 10.3 Å². The molecule has 0 atom stereocenters. The van der Waals surface area contributed by atoms with Crippen molar-refractivity contribution in [1.82, 2.24) is 25.1 Å². The second-order valence-electron chi connectivity index (χ2n) is 3.98. The molecule has 3 rings (SSSR count). The summed E-state index contributed by atoms with van der Waals surface area (Å²) in [6.07, 6.45) is 4.92. The van der Waals surface area contributed by atoms with Crippen molar-refractivity contribution in [3.05, 3.63) is 36.3 Å². The van der Waals surface area contributed by atoms with Gasteiger partial charge in [0, 0.05) is 12.4 Å². The van der Waals surface area contributed by atoms with Gasteiger partial charge in [0.15, 0.2) is 0 Å². The summed E-state index contributed by atoms with van der Waals surface area (Å²) in [7, 11) is 0. The first-order valence-corrected chi connectivity index (χ1v) is 5.57. The van der Waals surface area contributed by atoms with Crippen LogP contribution in [0.2, 0.25) is 0 Å². The summed E-state index contributed by atoms with van der Waals surface area (Å²) in [5.74, 6) is 1.05. The molecule has 0 amide bonds. The van der Waals surface area contributed by atoms with Crippen LogP contribution in [0.25, 0.3) is 23.2 Å². The molecule has 0 aliphatic carbocycles. The summed E-state index contributed by atoms with van der Waals surface area (Å²) in [5.41, 5.74) is 7.66. The number of rotatable bonds is 2. The lowest BCUT2D eigenvalue weighted by Gasteiger charge is -1.94. The molecule has 0 saturated heterocycles. The number of nitrogens with two attached hydrogens (primary N) is 1. The Bertz CT molecular complexity index is 629. The lowest BCUT2D eigenvalue weighted by Crippen LogP contribution is -1.91. The Morgan fingerprint density at radius 1 is 1.00 bits per heavy atom. The molecule has 0 aliphatic rings. The molecule has 19 heavy (non-hydrogen) atoms. The Balaban J connectivity index is 1.95. The summed E-state index contributed by atoms with van der Waals surface area (Å²) in [6, 6.07) is 3.43. The quantitative estimate of drug-likeness (QED) is 0.738. The van der Waals surface area contributed by atoms with Gasteiger partial charge in [0.2, 0.25) is 11.6 Å². The fourth-order valence-electron chi connectivity index (χ4n) is 1.46. The van der Waals surface area contributed by atoms with Crippen molar-refractivity contribution in [3.8, 4) is 23.2 Å². The van der Waals surface area contributed by atoms with E-state index in [1.165, 1.54) is 6.20 Å². The first-order chi connectivity index (χ1) is 9.22. The molecular formula is C12H10N6O. The predicted octanol–water partition coefficient (Wildman–Crippen LogP) is 1.48. The van der Waals surface area contributed by atoms with E-state index in [-0.39, 0.29) is 0 Å². The summed E-state index contributed by atoms with van der Waals surface area (Å²) in [6.45, 7) is 1.91. The van der Waals surface area contributed by atoms with E-state index in [4.69, 9.17) is 10.3 Å². The third-order valence-corrected chi connectivity index (χ3v) is 2.41. The third-order valence-electron chi connectivity index (χ3n) is 2.41. The van der Waals surface area contributed by atoms with Crippen LogP contribution >= 0.6 is 0 Å². The smallest absolute Gasteiger partial charge is 0.276 e. The number of nitrogen functional groups attached to an aromatic ring is 1. The third kappa shape index (κ3) is 2.25. The zero-order valence-electron chi connectivity index (χ0n) is 10.1. The van der Waals surface area contributed by atoms with Crippen molar-refractivity contribution < 1.29 is 4.52 Å². The van der Waals surface area contributed by atoms with Gasteiger partial charge >= 0.3 is 0 Å². The van der Waals surface area contributed by atoms with Crippen molar-refractivity contribution in [3.63, 3.8) is 0 Å². The lowest BCUT2D eigenvalue weighted by atomic mass is 10.3. The molecule has 3 aromatic rings. The Morgan fingerprint density at radius 2 is 1.79 bits per heavy atom. The Labute approximate surface area is 108 Å². The van der Waals surface area contributed by atoms with E-state index in [0.717, 1.165) is 5.56 Å². The zero-order chi connectivity index (χ0) is 13.2. The highest BCUT2D eigenvalue weighted by Gasteiger charge is 2.13. The van der Waals surface area contributed by atoms with Crippen LogP contribution in [0.1, 0.15) is 5.56 Å². The number of aryl methyl sites for hydroxylation is 1. The molecule has 3 aromatic heterocycles. The molecule has 0 spiro atoms. The number of hydrogen-bond donors (Lipinski definition) is 1. The summed E-state index contributed by atoms with van der Waals surface area (Å²) in [4.78, 5) is 16.6. The monoisotopic (exact) mass is 254 g/mol. The van der Waals surface area contributed by atoms with Gasteiger partial charge in [-0.25, -0.2) is 15.0 Å². The maximum Gasteiger partial charge on any atom is 0.276 e. The predicted molar refractivity (Wildman–Crippen MR) is 67.7 cm³/mol. The van der Waals surface area contributed by atoms with E-state index in [9.17, 15) is 0 Å². The van der Waals surface area contributed by atoms with Crippen LogP contribution in [0.4, 0.5) is 5.69 Å². The Morgan fingerprint density at radius 3 is 2.47 bits per heavy atom. The normalized spacial score (nSPS) is 10.6. The zero-order valence-corrected chi connectivity index (χ0v) is 10.1. The van der Waals surface area contributed by atoms with E-state index in [0.29, 0.717) is 28.9 Å². The minimum Gasteiger partial charge on any atom is -0.397 e. The van der Waals surface area contributed by atoms with Crippen LogP contribution in [-0.2, 0) is 0 Å². The number of pyridine rings is 1. The highest BCUT2D eigenvalue weighted by molar-refractivity contribution is 5.53. The number of nitrogens with zero attached hydrogens (tertiary/aromatic N) is 5. The molecule has 0 fully saturated rings. The molecule has 0 radical (unpaired) electrons. The number of aromatic nitrogens is 5. The van der Waals surface area contributed by atoms with Gasteiger partial charge in [-0.05, 0) is 24.6 Å². The molecule has 0 aromatic carbocycles. The molecule has 0 bridgehead atoms. The van der Waals surface area contributed by atoms with E-state index in [2.05, 4.69) is 25.1 Å². The van der Waals surface area contributed by atoms with E-state index < -0.39 is 0 Å². The molecule has 0 unspecified atom stereocenters. The van der Waals surface area contributed by atoms with Gasteiger partial charge in [-0.15, -0.1) is 0 Å². The fraction of sp³-hybridized carbons (Fsp3) is 0.0833. The summed E-state index contributed by atoms with van der Waals surface area (Å²) in [5, 5.41) is 3.83. The SMILES string of the molecule is Cc1cnc(-c2noc(-c3ccc(N)cn3)n2)nc1.